The van der Waals surface area contributed by atoms with Crippen LogP contribution in [0.25, 0.3) is 0 Å². The van der Waals surface area contributed by atoms with Gasteiger partial charge in [-0.3, -0.25) is 4.79 Å². The quantitative estimate of drug-likeness (QED) is 0.824. The summed E-state index contributed by atoms with van der Waals surface area (Å²) in [5.41, 5.74) is 2.28. The normalized spacial score (nSPS) is 11.3. The van der Waals surface area contributed by atoms with Crippen molar-refractivity contribution in [2.75, 3.05) is 6.54 Å². The van der Waals surface area contributed by atoms with Gasteiger partial charge in [-0.2, -0.15) is 5.26 Å². The Morgan fingerprint density at radius 3 is 2.58 bits per heavy atom. The first-order valence-electron chi connectivity index (χ1n) is 6.06. The van der Waals surface area contributed by atoms with Crippen molar-refractivity contribution in [1.29, 1.82) is 5.26 Å². The van der Waals surface area contributed by atoms with Gasteiger partial charge in [0, 0.05) is 6.54 Å². The van der Waals surface area contributed by atoms with Crippen LogP contribution < -0.4 is 10.1 Å². The number of aryl methyl sites for hydroxylation is 2. The molecule has 0 saturated heterocycles. The molecule has 0 fully saturated rings. The second-order valence-electron chi connectivity index (χ2n) is 4.34. The van der Waals surface area contributed by atoms with E-state index in [0.29, 0.717) is 17.9 Å². The molecule has 1 amide bonds. The van der Waals surface area contributed by atoms with Crippen LogP contribution in [0, 0.1) is 25.2 Å². The minimum absolute atomic E-state index is 0.192. The van der Waals surface area contributed by atoms with Gasteiger partial charge in [-0.05, 0) is 44.0 Å². The van der Waals surface area contributed by atoms with Gasteiger partial charge in [0.15, 0.2) is 6.10 Å². The smallest absolute Gasteiger partial charge is 0.261 e. The highest BCUT2D eigenvalue weighted by Crippen LogP contribution is 2.25. The van der Waals surface area contributed by atoms with Gasteiger partial charge in [-0.25, -0.2) is 0 Å². The second kappa shape index (κ2) is 6.60. The van der Waals surface area contributed by atoms with Crippen LogP contribution in [0.4, 0.5) is 0 Å². The van der Waals surface area contributed by atoms with Gasteiger partial charge >= 0.3 is 0 Å². The zero-order chi connectivity index (χ0) is 14.4. The minimum Gasteiger partial charge on any atom is -0.480 e. The first kappa shape index (κ1) is 14.8. The van der Waals surface area contributed by atoms with E-state index in [-0.39, 0.29) is 5.91 Å². The van der Waals surface area contributed by atoms with Gasteiger partial charge in [0.1, 0.15) is 5.75 Å². The number of hydrogen-bond donors (Lipinski definition) is 1. The van der Waals surface area contributed by atoms with Crippen molar-refractivity contribution in [2.24, 2.45) is 0 Å². The summed E-state index contributed by atoms with van der Waals surface area (Å²) in [5, 5.41) is 11.6. The topological polar surface area (TPSA) is 62.1 Å². The summed E-state index contributed by atoms with van der Waals surface area (Å²) < 4.78 is 5.68. The Morgan fingerprint density at radius 2 is 2.11 bits per heavy atom. The molecule has 4 heteroatoms. The van der Waals surface area contributed by atoms with Gasteiger partial charge < -0.3 is 10.1 Å². The molecular weight excluding hydrogens is 240 g/mol. The van der Waals surface area contributed by atoms with Crippen LogP contribution in [-0.4, -0.2) is 18.6 Å². The second-order valence-corrected chi connectivity index (χ2v) is 4.34. The maximum absolute atomic E-state index is 11.7. The number of nitrogens with zero attached hydrogens (tertiary/aromatic N) is 1. The number of carbonyl (C=O) groups is 1. The van der Waals surface area contributed by atoms with Crippen LogP contribution in [0.1, 0.15) is 23.6 Å². The third kappa shape index (κ3) is 3.85. The molecule has 0 aromatic heterocycles. The molecule has 100 valence electrons. The van der Waals surface area contributed by atoms with Crippen molar-refractivity contribution in [3.8, 4) is 11.8 Å². The zero-order valence-electron chi connectivity index (χ0n) is 11.5. The van der Waals surface area contributed by atoms with Crippen molar-refractivity contribution in [3.05, 3.63) is 41.5 Å². The lowest BCUT2D eigenvalue weighted by Gasteiger charge is -2.18. The number of nitrogens with one attached hydrogen (secondary N) is 1. The molecule has 0 aliphatic heterocycles. The number of nitriles is 1. The van der Waals surface area contributed by atoms with Crippen LogP contribution in [0.2, 0.25) is 0 Å². The van der Waals surface area contributed by atoms with Gasteiger partial charge in [-0.15, -0.1) is 6.58 Å². The Hall–Kier alpha value is -2.28. The molecule has 1 aromatic carbocycles. The molecule has 0 bridgehead atoms. The van der Waals surface area contributed by atoms with E-state index in [1.165, 1.54) is 0 Å². The minimum atomic E-state index is -0.592. The van der Waals surface area contributed by atoms with E-state index in [1.807, 2.05) is 13.8 Å². The summed E-state index contributed by atoms with van der Waals surface area (Å²) in [6.45, 7) is 9.36. The Morgan fingerprint density at radius 1 is 1.53 bits per heavy atom. The van der Waals surface area contributed by atoms with E-state index in [4.69, 9.17) is 10.00 Å². The number of ether oxygens (including phenoxy) is 1. The fourth-order valence-corrected chi connectivity index (χ4v) is 1.75. The number of hydrogen-bond acceptors (Lipinski definition) is 3. The fraction of sp³-hybridized carbons (Fsp3) is 0.333. The molecule has 1 atom stereocenters. The number of benzene rings is 1. The molecule has 0 aliphatic carbocycles. The first-order chi connectivity index (χ1) is 8.99. The summed E-state index contributed by atoms with van der Waals surface area (Å²) in [4.78, 5) is 11.7. The molecule has 0 aliphatic rings. The number of amides is 1. The molecule has 1 aromatic rings. The van der Waals surface area contributed by atoms with E-state index in [1.54, 1.807) is 25.1 Å². The average molecular weight is 258 g/mol. The van der Waals surface area contributed by atoms with Crippen LogP contribution in [0.5, 0.6) is 5.75 Å². The highest BCUT2D eigenvalue weighted by Gasteiger charge is 2.16. The highest BCUT2D eigenvalue weighted by atomic mass is 16.5. The van der Waals surface area contributed by atoms with E-state index in [0.717, 1.165) is 11.1 Å². The van der Waals surface area contributed by atoms with Gasteiger partial charge in [0.2, 0.25) is 0 Å². The summed E-state index contributed by atoms with van der Waals surface area (Å²) in [6.07, 6.45) is 1.02. The van der Waals surface area contributed by atoms with Crippen molar-refractivity contribution in [2.45, 2.75) is 26.9 Å². The summed E-state index contributed by atoms with van der Waals surface area (Å²) >= 11 is 0. The lowest BCUT2D eigenvalue weighted by molar-refractivity contribution is -0.127. The van der Waals surface area contributed by atoms with Crippen LogP contribution >= 0.6 is 0 Å². The van der Waals surface area contributed by atoms with Crippen molar-refractivity contribution in [3.63, 3.8) is 0 Å². The molecule has 19 heavy (non-hydrogen) atoms. The molecule has 1 rings (SSSR count). The van der Waals surface area contributed by atoms with Crippen LogP contribution in [0.3, 0.4) is 0 Å². The van der Waals surface area contributed by atoms with Gasteiger partial charge in [0.25, 0.3) is 5.91 Å². The molecule has 0 saturated carbocycles. The predicted octanol–water partition coefficient (Wildman–Crippen LogP) is 2.24. The van der Waals surface area contributed by atoms with E-state index in [2.05, 4.69) is 18.0 Å². The summed E-state index contributed by atoms with van der Waals surface area (Å²) in [5.74, 6) is 0.461. The number of rotatable bonds is 5. The fourth-order valence-electron chi connectivity index (χ4n) is 1.75. The number of carbonyl (C=O) groups excluding carboxylic acids is 1. The average Bonchev–Trinajstić information content (AvgIpc) is 2.39. The summed E-state index contributed by atoms with van der Waals surface area (Å²) in [6, 6.07) is 5.59. The summed E-state index contributed by atoms with van der Waals surface area (Å²) in [7, 11) is 0. The lowest BCUT2D eigenvalue weighted by Crippen LogP contribution is -2.36. The third-order valence-electron chi connectivity index (χ3n) is 2.67. The molecule has 0 heterocycles. The van der Waals surface area contributed by atoms with Gasteiger partial charge in [0.05, 0.1) is 11.6 Å². The maximum atomic E-state index is 11.7. The Kier molecular flexibility index (Phi) is 5.13. The molecule has 4 nitrogen and oxygen atoms in total. The molecule has 0 radical (unpaired) electrons. The first-order valence-corrected chi connectivity index (χ1v) is 6.06. The van der Waals surface area contributed by atoms with E-state index >= 15 is 0 Å². The molecular formula is C15H18N2O2. The predicted molar refractivity (Wildman–Crippen MR) is 73.9 cm³/mol. The van der Waals surface area contributed by atoms with Crippen molar-refractivity contribution >= 4 is 5.91 Å². The van der Waals surface area contributed by atoms with Crippen molar-refractivity contribution in [1.82, 2.24) is 5.32 Å². The van der Waals surface area contributed by atoms with E-state index in [9.17, 15) is 4.79 Å². The molecule has 1 N–H and O–H groups in total. The standard InChI is InChI=1S/C15H18N2O2/c1-5-6-17-15(18)12(4)19-14-10(2)7-13(9-16)8-11(14)3/h5,7-8,12H,1,6H2,2-4H3,(H,17,18). The van der Waals surface area contributed by atoms with E-state index < -0.39 is 6.10 Å². The Bertz CT molecular complexity index is 506. The Balaban J connectivity index is 2.85. The van der Waals surface area contributed by atoms with Crippen molar-refractivity contribution < 1.29 is 9.53 Å². The SMILES string of the molecule is C=CCNC(=O)C(C)Oc1c(C)cc(C#N)cc1C. The molecule has 0 spiro atoms. The van der Waals surface area contributed by atoms with Crippen LogP contribution in [0.15, 0.2) is 24.8 Å². The Labute approximate surface area is 113 Å². The largest absolute Gasteiger partial charge is 0.480 e. The zero-order valence-corrected chi connectivity index (χ0v) is 11.5. The van der Waals surface area contributed by atoms with Gasteiger partial charge in [-0.1, -0.05) is 6.08 Å². The lowest BCUT2D eigenvalue weighted by atomic mass is 10.1. The monoisotopic (exact) mass is 258 g/mol. The highest BCUT2D eigenvalue weighted by molar-refractivity contribution is 5.80. The molecule has 1 unspecified atom stereocenters. The van der Waals surface area contributed by atoms with Crippen LogP contribution in [-0.2, 0) is 4.79 Å². The maximum Gasteiger partial charge on any atom is 0.261 e. The third-order valence-corrected chi connectivity index (χ3v) is 2.67.